The minimum absolute atomic E-state index is 0.196. The summed E-state index contributed by atoms with van der Waals surface area (Å²) in [6, 6.07) is 26.3. The van der Waals surface area contributed by atoms with Crippen LogP contribution in [0.15, 0.2) is 85.1 Å². The molecule has 1 saturated heterocycles. The van der Waals surface area contributed by atoms with Crippen molar-refractivity contribution in [3.63, 3.8) is 0 Å². The normalized spacial score (nSPS) is 15.4. The minimum Gasteiger partial charge on any atom is -0.316 e. The first-order chi connectivity index (χ1) is 15.8. The van der Waals surface area contributed by atoms with Crippen molar-refractivity contribution in [3.05, 3.63) is 102 Å². The molecule has 0 spiro atoms. The Morgan fingerprint density at radius 3 is 2.28 bits per heavy atom. The first kappa shape index (κ1) is 21.0. The molecule has 164 valence electrons. The van der Waals surface area contributed by atoms with E-state index in [2.05, 4.69) is 70.3 Å². The van der Waals surface area contributed by atoms with Gasteiger partial charge in [-0.15, -0.1) is 0 Å². The molecule has 1 aliphatic heterocycles. The fraction of sp³-hybridized carbons (Fsp3) is 0.310. The van der Waals surface area contributed by atoms with Crippen LogP contribution in [-0.4, -0.2) is 29.1 Å². The largest absolute Gasteiger partial charge is 0.316 e. The number of halogens is 1. The van der Waals surface area contributed by atoms with Crippen molar-refractivity contribution in [2.24, 2.45) is 0 Å². The Bertz CT molecular complexity index is 1140. The van der Waals surface area contributed by atoms with Crippen molar-refractivity contribution in [3.8, 4) is 5.69 Å². The number of benzene rings is 3. The van der Waals surface area contributed by atoms with E-state index in [1.54, 1.807) is 0 Å². The van der Waals surface area contributed by atoms with Crippen molar-refractivity contribution >= 4 is 10.9 Å². The number of nitrogens with zero attached hydrogens (tertiary/aromatic N) is 2. The molecule has 1 aromatic heterocycles. The molecule has 4 aromatic rings. The van der Waals surface area contributed by atoms with Gasteiger partial charge in [0, 0.05) is 17.3 Å². The van der Waals surface area contributed by atoms with E-state index in [1.165, 1.54) is 79.5 Å². The van der Waals surface area contributed by atoms with Crippen LogP contribution in [0.2, 0.25) is 0 Å². The Hall–Kier alpha value is -2.91. The zero-order valence-corrected chi connectivity index (χ0v) is 18.6. The molecule has 0 atom stereocenters. The number of piperidine rings is 1. The molecule has 2 nitrogen and oxygen atoms in total. The number of aryl methyl sites for hydroxylation is 1. The summed E-state index contributed by atoms with van der Waals surface area (Å²) >= 11 is 0. The van der Waals surface area contributed by atoms with Crippen LogP contribution in [0.5, 0.6) is 0 Å². The lowest BCUT2D eigenvalue weighted by Gasteiger charge is -2.32. The average molecular weight is 427 g/mol. The van der Waals surface area contributed by atoms with Crippen molar-refractivity contribution in [1.82, 2.24) is 9.47 Å². The van der Waals surface area contributed by atoms with E-state index >= 15 is 0 Å². The molecule has 32 heavy (non-hydrogen) atoms. The minimum atomic E-state index is -0.196. The second-order valence-electron chi connectivity index (χ2n) is 9.00. The fourth-order valence-electron chi connectivity index (χ4n) is 5.13. The van der Waals surface area contributed by atoms with Gasteiger partial charge in [0.2, 0.25) is 0 Å². The number of aromatic nitrogens is 1. The summed E-state index contributed by atoms with van der Waals surface area (Å²) in [5.74, 6) is 0.531. The van der Waals surface area contributed by atoms with Crippen molar-refractivity contribution in [2.75, 3.05) is 19.6 Å². The number of hydrogen-bond donors (Lipinski definition) is 0. The van der Waals surface area contributed by atoms with E-state index in [-0.39, 0.29) is 5.82 Å². The third-order valence-corrected chi connectivity index (χ3v) is 6.93. The predicted molar refractivity (Wildman–Crippen MR) is 131 cm³/mol. The van der Waals surface area contributed by atoms with Crippen LogP contribution in [0.3, 0.4) is 0 Å². The van der Waals surface area contributed by atoms with Gasteiger partial charge in [-0.3, -0.25) is 0 Å². The molecule has 1 fully saturated rings. The van der Waals surface area contributed by atoms with Crippen molar-refractivity contribution in [1.29, 1.82) is 0 Å². The molecule has 0 radical (unpaired) electrons. The van der Waals surface area contributed by atoms with Gasteiger partial charge >= 0.3 is 0 Å². The molecule has 5 rings (SSSR count). The molecule has 0 N–H and O–H groups in total. The van der Waals surface area contributed by atoms with Crippen LogP contribution in [0, 0.1) is 5.82 Å². The highest BCUT2D eigenvalue weighted by molar-refractivity contribution is 5.85. The first-order valence-electron chi connectivity index (χ1n) is 11.9. The van der Waals surface area contributed by atoms with Crippen LogP contribution in [-0.2, 0) is 6.42 Å². The topological polar surface area (TPSA) is 8.17 Å². The summed E-state index contributed by atoms with van der Waals surface area (Å²) in [6.07, 6.45) is 8.28. The van der Waals surface area contributed by atoms with Crippen molar-refractivity contribution in [2.45, 2.75) is 38.0 Å². The van der Waals surface area contributed by atoms with E-state index in [0.717, 1.165) is 18.0 Å². The number of unbranched alkanes of at least 4 members (excludes halogenated alkanes) is 1. The zero-order chi connectivity index (χ0) is 21.8. The quantitative estimate of drug-likeness (QED) is 0.290. The van der Waals surface area contributed by atoms with Crippen LogP contribution in [0.1, 0.15) is 42.7 Å². The number of likely N-dealkylation sites (tertiary alicyclic amines) is 1. The maximum absolute atomic E-state index is 13.4. The van der Waals surface area contributed by atoms with E-state index in [0.29, 0.717) is 0 Å². The second kappa shape index (κ2) is 9.70. The van der Waals surface area contributed by atoms with Gasteiger partial charge in [-0.2, -0.15) is 0 Å². The molecular weight excluding hydrogens is 395 g/mol. The van der Waals surface area contributed by atoms with Crippen LogP contribution in [0.4, 0.5) is 4.39 Å². The van der Waals surface area contributed by atoms with E-state index in [1.807, 2.05) is 12.1 Å². The van der Waals surface area contributed by atoms with Crippen LogP contribution in [0.25, 0.3) is 16.6 Å². The highest BCUT2D eigenvalue weighted by Gasteiger charge is 2.20. The third kappa shape index (κ3) is 4.63. The Morgan fingerprint density at radius 2 is 1.50 bits per heavy atom. The lowest BCUT2D eigenvalue weighted by molar-refractivity contribution is 0.209. The van der Waals surface area contributed by atoms with Crippen molar-refractivity contribution < 1.29 is 4.39 Å². The maximum atomic E-state index is 13.4. The first-order valence-corrected chi connectivity index (χ1v) is 11.9. The summed E-state index contributed by atoms with van der Waals surface area (Å²) in [6.45, 7) is 3.62. The summed E-state index contributed by atoms with van der Waals surface area (Å²) in [5, 5.41) is 1.31. The van der Waals surface area contributed by atoms with E-state index < -0.39 is 0 Å². The monoisotopic (exact) mass is 426 g/mol. The maximum Gasteiger partial charge on any atom is 0.123 e. The number of rotatable bonds is 7. The van der Waals surface area contributed by atoms with Crippen LogP contribution < -0.4 is 0 Å². The average Bonchev–Trinajstić information content (AvgIpc) is 3.22. The highest BCUT2D eigenvalue weighted by Crippen LogP contribution is 2.29. The number of para-hydroxylation sites is 1. The van der Waals surface area contributed by atoms with E-state index in [9.17, 15) is 4.39 Å². The molecule has 0 unspecified atom stereocenters. The molecule has 0 saturated carbocycles. The number of hydrogen-bond acceptors (Lipinski definition) is 1. The molecule has 0 aliphatic carbocycles. The number of fused-ring (bicyclic) bond motifs is 1. The van der Waals surface area contributed by atoms with Gasteiger partial charge in [-0.05, 0) is 99.1 Å². The summed E-state index contributed by atoms with van der Waals surface area (Å²) in [5.41, 5.74) is 5.09. The molecular formula is C29H31FN2. The summed E-state index contributed by atoms with van der Waals surface area (Å²) < 4.78 is 15.6. The molecule has 0 bridgehead atoms. The lowest BCUT2D eigenvalue weighted by atomic mass is 9.89. The Kier molecular flexibility index (Phi) is 6.36. The Balaban J connectivity index is 1.16. The molecule has 0 amide bonds. The third-order valence-electron chi connectivity index (χ3n) is 6.93. The highest BCUT2D eigenvalue weighted by atomic mass is 19.1. The van der Waals surface area contributed by atoms with E-state index in [4.69, 9.17) is 0 Å². The lowest BCUT2D eigenvalue weighted by Crippen LogP contribution is -2.33. The van der Waals surface area contributed by atoms with Gasteiger partial charge in [-0.25, -0.2) is 4.39 Å². The molecule has 1 aliphatic rings. The van der Waals surface area contributed by atoms with Gasteiger partial charge < -0.3 is 9.47 Å². The van der Waals surface area contributed by atoms with Gasteiger partial charge in [0.1, 0.15) is 5.82 Å². The predicted octanol–water partition coefficient (Wildman–Crippen LogP) is 6.97. The molecule has 2 heterocycles. The standard InChI is InChI=1S/C29H31FN2/c30-26-13-15-27(16-14-26)32-22-25(28-11-4-5-12-29(28)32)10-6-7-19-31-20-17-24(18-21-31)23-8-2-1-3-9-23/h1-5,8-9,11-16,22,24H,6-7,10,17-21H2. The Labute approximate surface area is 190 Å². The second-order valence-corrected chi connectivity index (χ2v) is 9.00. The van der Waals surface area contributed by atoms with Gasteiger partial charge in [0.25, 0.3) is 0 Å². The summed E-state index contributed by atoms with van der Waals surface area (Å²) in [7, 11) is 0. The van der Waals surface area contributed by atoms with Gasteiger partial charge in [-0.1, -0.05) is 48.5 Å². The fourth-order valence-corrected chi connectivity index (χ4v) is 5.13. The molecule has 3 heteroatoms. The van der Waals surface area contributed by atoms with Gasteiger partial charge in [0.15, 0.2) is 0 Å². The smallest absolute Gasteiger partial charge is 0.123 e. The summed E-state index contributed by atoms with van der Waals surface area (Å²) in [4.78, 5) is 2.64. The molecule has 3 aromatic carbocycles. The SMILES string of the molecule is Fc1ccc(-n2cc(CCCCN3CCC(c4ccccc4)CC3)c3ccccc32)cc1. The van der Waals surface area contributed by atoms with Gasteiger partial charge in [0.05, 0.1) is 5.52 Å². The zero-order valence-electron chi connectivity index (χ0n) is 18.6. The van der Waals surface area contributed by atoms with Crippen LogP contribution >= 0.6 is 0 Å². The Morgan fingerprint density at radius 1 is 0.781 bits per heavy atom.